The smallest absolute Gasteiger partial charge is 0.547 e. The molecule has 0 aliphatic rings. The number of rotatable bonds is 21. The summed E-state index contributed by atoms with van der Waals surface area (Å²) in [5, 5.41) is 138. The van der Waals surface area contributed by atoms with Crippen LogP contribution in [-0.2, 0) is 41.6 Å². The van der Waals surface area contributed by atoms with Crippen LogP contribution in [-0.4, -0.2) is 202 Å². The molecule has 0 saturated heterocycles. The molecule has 0 saturated carbocycles. The standard InChI is InChI=1S/3C6H13O10P.3Na/c3*7-2(1-16-17(13,14)15)3(8)4(9)5(10)6(11)12;;;/h3*2-5,7-10H,1H2,(H,11,12)(H2,13,14,15);;;/q;;;3*+1/p-3. The van der Waals surface area contributed by atoms with E-state index in [2.05, 4.69) is 13.6 Å². The molecule has 0 aromatic carbocycles. The minimum absolute atomic E-state index is 0. The Hall–Kier alpha value is 1.26. The van der Waals surface area contributed by atoms with Gasteiger partial charge in [-0.2, -0.15) is 0 Å². The molecule has 0 aliphatic carbocycles. The van der Waals surface area contributed by atoms with Crippen molar-refractivity contribution >= 4 is 41.4 Å². The topological polar surface area (TPSA) is 563 Å². The van der Waals surface area contributed by atoms with Gasteiger partial charge in [0.2, 0.25) is 0 Å². The maximum Gasteiger partial charge on any atom is 1.00 e. The van der Waals surface area contributed by atoms with Gasteiger partial charge < -0.3 is 120 Å². The molecule has 0 bridgehead atoms. The molecule has 306 valence electrons. The molecule has 36 heteroatoms. The van der Waals surface area contributed by atoms with Crippen molar-refractivity contribution in [3.8, 4) is 0 Å². The Morgan fingerprint density at radius 3 is 0.648 bits per heavy atom. The minimum Gasteiger partial charge on any atom is -0.547 e. The van der Waals surface area contributed by atoms with Crippen LogP contribution >= 0.6 is 23.5 Å². The Morgan fingerprint density at radius 2 is 0.537 bits per heavy atom. The van der Waals surface area contributed by atoms with E-state index in [1.807, 2.05) is 0 Å². The molecule has 54 heavy (non-hydrogen) atoms. The Labute approximate surface area is 367 Å². The molecule has 0 heterocycles. The fourth-order valence-electron chi connectivity index (χ4n) is 2.48. The van der Waals surface area contributed by atoms with E-state index >= 15 is 0 Å². The van der Waals surface area contributed by atoms with E-state index < -0.39 is 134 Å². The van der Waals surface area contributed by atoms with Crippen LogP contribution in [0.2, 0.25) is 0 Å². The summed E-state index contributed by atoms with van der Waals surface area (Å²) in [6.07, 6.45) is -26.9. The second kappa shape index (κ2) is 31.2. The Morgan fingerprint density at radius 1 is 0.389 bits per heavy atom. The molecule has 12 atom stereocenters. The number of carboxylic acids is 3. The van der Waals surface area contributed by atoms with Gasteiger partial charge in [0.1, 0.15) is 73.2 Å². The quantitative estimate of drug-likeness (QED) is 0.0376. The Kier molecular flexibility index (Phi) is 38.7. The first-order valence-electron chi connectivity index (χ1n) is 12.6. The summed E-state index contributed by atoms with van der Waals surface area (Å²) in [6, 6.07) is 0. The Bertz CT molecular complexity index is 1060. The first-order chi connectivity index (χ1) is 22.7. The zero-order valence-corrected chi connectivity index (χ0v) is 36.5. The maximum atomic E-state index is 10.2. The van der Waals surface area contributed by atoms with E-state index in [9.17, 15) is 43.4 Å². The van der Waals surface area contributed by atoms with Crippen LogP contribution in [0.4, 0.5) is 0 Å². The van der Waals surface area contributed by atoms with Crippen molar-refractivity contribution in [1.82, 2.24) is 0 Å². The van der Waals surface area contributed by atoms with Gasteiger partial charge in [0.05, 0.1) is 37.7 Å². The predicted molar refractivity (Wildman–Crippen MR) is 141 cm³/mol. The molecular formula is C18H36Na3O30P3. The van der Waals surface area contributed by atoms with Crippen LogP contribution in [0.5, 0.6) is 0 Å². The van der Waals surface area contributed by atoms with E-state index in [4.69, 9.17) is 90.6 Å². The van der Waals surface area contributed by atoms with E-state index in [0.29, 0.717) is 0 Å². The average Bonchev–Trinajstić information content (AvgIpc) is 3.00. The van der Waals surface area contributed by atoms with Gasteiger partial charge in [0, 0.05) is 0 Å². The van der Waals surface area contributed by atoms with Gasteiger partial charge in [-0.15, -0.1) is 0 Å². The van der Waals surface area contributed by atoms with Gasteiger partial charge in [-0.3, -0.25) is 13.6 Å². The molecule has 0 radical (unpaired) electrons. The summed E-state index contributed by atoms with van der Waals surface area (Å²) in [5.74, 6) is -6.25. The van der Waals surface area contributed by atoms with E-state index in [1.54, 1.807) is 0 Å². The first-order valence-corrected chi connectivity index (χ1v) is 17.2. The number of aliphatic carboxylic acids is 3. The fourth-order valence-corrected chi connectivity index (χ4v) is 3.52. The number of hydrogen-bond acceptors (Lipinski definition) is 24. The molecule has 0 rings (SSSR count). The average molecular weight is 894 g/mol. The normalized spacial score (nSPS) is 18.3. The monoisotopic (exact) mass is 894 g/mol. The van der Waals surface area contributed by atoms with Gasteiger partial charge in [0.15, 0.2) is 0 Å². The van der Waals surface area contributed by atoms with Crippen molar-refractivity contribution in [3.63, 3.8) is 0 Å². The van der Waals surface area contributed by atoms with Crippen molar-refractivity contribution in [1.29, 1.82) is 0 Å². The predicted octanol–water partition coefficient (Wildman–Crippen LogP) is -23.1. The summed E-state index contributed by atoms with van der Waals surface area (Å²) in [5.41, 5.74) is 0. The minimum atomic E-state index is -4.88. The van der Waals surface area contributed by atoms with Crippen molar-refractivity contribution < 1.29 is 236 Å². The molecule has 18 N–H and O–H groups in total. The number of aliphatic hydroxyl groups is 12. The zero-order valence-electron chi connectivity index (χ0n) is 27.8. The van der Waals surface area contributed by atoms with Gasteiger partial charge in [-0.1, -0.05) is 0 Å². The molecule has 0 spiro atoms. The summed E-state index contributed by atoms with van der Waals surface area (Å²) in [6.45, 7) is -3.20. The van der Waals surface area contributed by atoms with Gasteiger partial charge in [-0.05, 0) is 0 Å². The van der Waals surface area contributed by atoms with Crippen LogP contribution in [0.15, 0.2) is 0 Å². The van der Waals surface area contributed by atoms with E-state index in [0.717, 1.165) is 0 Å². The summed E-state index contributed by atoms with van der Waals surface area (Å²) >= 11 is 0. The molecule has 0 aromatic rings. The van der Waals surface area contributed by atoms with E-state index in [1.165, 1.54) is 0 Å². The number of carboxylic acid groups (broad SMARTS) is 3. The fraction of sp³-hybridized carbons (Fsp3) is 0.833. The molecular weight excluding hydrogens is 858 g/mol. The molecule has 30 nitrogen and oxygen atoms in total. The van der Waals surface area contributed by atoms with Crippen LogP contribution in [0, 0.1) is 0 Å². The summed E-state index contributed by atoms with van der Waals surface area (Å²) < 4.78 is 42.1. The first kappa shape index (κ1) is 67.0. The van der Waals surface area contributed by atoms with Crippen molar-refractivity contribution in [2.75, 3.05) is 19.8 Å². The van der Waals surface area contributed by atoms with Gasteiger partial charge in [-0.25, -0.2) is 13.7 Å². The molecule has 0 aliphatic heterocycles. The summed E-state index contributed by atoms with van der Waals surface area (Å²) in [7, 11) is -14.6. The van der Waals surface area contributed by atoms with Crippen molar-refractivity contribution in [2.45, 2.75) is 73.2 Å². The van der Waals surface area contributed by atoms with Crippen LogP contribution < -0.4 is 104 Å². The number of carbonyl (C=O) groups is 3. The van der Waals surface area contributed by atoms with Gasteiger partial charge >= 0.3 is 112 Å². The number of carbonyl (C=O) groups excluding carboxylic acids is 3. The number of phosphoric ester groups is 3. The Balaban J connectivity index is -0.000000156. The third-order valence-corrected chi connectivity index (χ3v) is 6.62. The summed E-state index contributed by atoms with van der Waals surface area (Å²) in [4.78, 5) is 79.9. The van der Waals surface area contributed by atoms with Crippen molar-refractivity contribution in [3.05, 3.63) is 0 Å². The number of aliphatic hydroxyl groups excluding tert-OH is 12. The zero-order chi connectivity index (χ0) is 41.4. The third kappa shape index (κ3) is 32.2. The van der Waals surface area contributed by atoms with Crippen LogP contribution in [0.25, 0.3) is 0 Å². The maximum absolute atomic E-state index is 10.2. The third-order valence-electron chi connectivity index (χ3n) is 5.17. The van der Waals surface area contributed by atoms with E-state index in [-0.39, 0.29) is 88.7 Å². The SMILES string of the molecule is O=C([O-])C(O)C(O)C(O)C(O)COP(=O)(O)O.O=C([O-])C(O)C(O)C(O)C(O)COP(=O)(O)O.O=C([O-])C(O)C(O)C(O)C(O)COP(=O)(O)O.[Na+].[Na+].[Na+]. The molecule has 0 amide bonds. The number of hydrogen-bond donors (Lipinski definition) is 18. The second-order valence-corrected chi connectivity index (χ2v) is 13.0. The molecule has 0 aromatic heterocycles. The van der Waals surface area contributed by atoms with Crippen LogP contribution in [0.1, 0.15) is 0 Å². The van der Waals surface area contributed by atoms with Crippen LogP contribution in [0.3, 0.4) is 0 Å². The second-order valence-electron chi connectivity index (χ2n) is 9.30. The largest absolute Gasteiger partial charge is 1.00 e. The molecule has 12 unspecified atom stereocenters. The molecule has 0 fully saturated rings. The van der Waals surface area contributed by atoms with Crippen molar-refractivity contribution in [2.24, 2.45) is 0 Å². The number of phosphoric acid groups is 3. The van der Waals surface area contributed by atoms with Gasteiger partial charge in [0.25, 0.3) is 0 Å².